The van der Waals surface area contributed by atoms with E-state index in [1.165, 1.54) is 35.5 Å². The van der Waals surface area contributed by atoms with E-state index in [-0.39, 0.29) is 39.4 Å². The van der Waals surface area contributed by atoms with E-state index in [0.717, 1.165) is 10.7 Å². The van der Waals surface area contributed by atoms with Gasteiger partial charge in [-0.25, -0.2) is 14.7 Å². The van der Waals surface area contributed by atoms with Gasteiger partial charge >= 0.3 is 6.18 Å². The molecule has 1 aliphatic heterocycles. The molecule has 1 fully saturated rings. The molecule has 1 aromatic carbocycles. The topological polar surface area (TPSA) is 130 Å². The van der Waals surface area contributed by atoms with Crippen LogP contribution in [0.15, 0.2) is 36.5 Å². The number of hydrogen-bond acceptors (Lipinski definition) is 7. The maximum Gasteiger partial charge on any atom is 0.422 e. The fourth-order valence-electron chi connectivity index (χ4n) is 3.72. The van der Waals surface area contributed by atoms with Crippen LogP contribution in [-0.4, -0.2) is 69.9 Å². The molecule has 0 spiro atoms. The standard InChI is InChI=1S/C23H20Cl2F3N7O4/c1-11-6-12(24)7-13(20(36)30-15-9-34(2)33-21(15)37)18(11)31-22(38)16-8-17(39-10-23(26,27)28)32-35(16)19-14(25)4-3-5-29-19/h3-8,15H,9-10H2,1-2H3,(H,30,36)(H,31,38)(H,33,37). The van der Waals surface area contributed by atoms with Crippen LogP contribution < -0.4 is 20.8 Å². The zero-order chi connectivity index (χ0) is 28.5. The van der Waals surface area contributed by atoms with Crippen LogP contribution in [0.1, 0.15) is 26.4 Å². The molecule has 39 heavy (non-hydrogen) atoms. The van der Waals surface area contributed by atoms with Gasteiger partial charge in [0.05, 0.1) is 16.3 Å². The van der Waals surface area contributed by atoms with E-state index in [1.807, 2.05) is 0 Å². The van der Waals surface area contributed by atoms with Gasteiger partial charge < -0.3 is 15.4 Å². The van der Waals surface area contributed by atoms with Crippen molar-refractivity contribution in [2.75, 3.05) is 25.5 Å². The number of halogens is 5. The molecule has 2 aromatic heterocycles. The average Bonchev–Trinajstić information content (AvgIpc) is 3.41. The highest BCUT2D eigenvalue weighted by Crippen LogP contribution is 2.28. The summed E-state index contributed by atoms with van der Waals surface area (Å²) in [5, 5.41) is 10.8. The normalized spacial score (nSPS) is 15.7. The van der Waals surface area contributed by atoms with Gasteiger partial charge in [0.2, 0.25) is 5.88 Å². The lowest BCUT2D eigenvalue weighted by molar-refractivity contribution is -0.154. The van der Waals surface area contributed by atoms with Gasteiger partial charge in [-0.15, -0.1) is 5.10 Å². The van der Waals surface area contributed by atoms with Gasteiger partial charge in [-0.3, -0.25) is 19.8 Å². The molecule has 0 aliphatic carbocycles. The summed E-state index contributed by atoms with van der Waals surface area (Å²) >= 11 is 12.3. The molecular formula is C23H20Cl2F3N7O4. The Hall–Kier alpha value is -3.88. The van der Waals surface area contributed by atoms with Crippen LogP contribution in [0, 0.1) is 6.92 Å². The number of anilines is 1. The first-order valence-electron chi connectivity index (χ1n) is 11.2. The number of nitrogens with one attached hydrogen (secondary N) is 3. The Labute approximate surface area is 229 Å². The molecule has 1 unspecified atom stereocenters. The van der Waals surface area contributed by atoms with Crippen molar-refractivity contribution in [2.45, 2.75) is 19.1 Å². The fourth-order valence-corrected chi connectivity index (χ4v) is 4.20. The SMILES string of the molecule is Cc1cc(Cl)cc(C(=O)NC2CN(C)NC2=O)c1NC(=O)c1cc(OCC(F)(F)F)nn1-c1ncccc1Cl. The van der Waals surface area contributed by atoms with Crippen molar-refractivity contribution >= 4 is 46.6 Å². The number of aromatic nitrogens is 3. The number of hydrogen-bond donors (Lipinski definition) is 3. The molecule has 3 amide bonds. The summed E-state index contributed by atoms with van der Waals surface area (Å²) in [6.45, 7) is 0.140. The molecule has 3 aromatic rings. The number of benzene rings is 1. The summed E-state index contributed by atoms with van der Waals surface area (Å²) < 4.78 is 43.8. The van der Waals surface area contributed by atoms with Crippen LogP contribution in [0.4, 0.5) is 18.9 Å². The Bertz CT molecular complexity index is 1450. The second-order valence-corrected chi connectivity index (χ2v) is 9.32. The highest BCUT2D eigenvalue weighted by atomic mass is 35.5. The Morgan fingerprint density at radius 1 is 1.23 bits per heavy atom. The van der Waals surface area contributed by atoms with Gasteiger partial charge in [-0.2, -0.15) is 13.2 Å². The van der Waals surface area contributed by atoms with Crippen molar-refractivity contribution in [1.82, 2.24) is 30.5 Å². The maximum atomic E-state index is 13.4. The van der Waals surface area contributed by atoms with Gasteiger partial charge in [0.1, 0.15) is 11.7 Å². The van der Waals surface area contributed by atoms with Gasteiger partial charge in [-0.1, -0.05) is 23.2 Å². The van der Waals surface area contributed by atoms with E-state index in [4.69, 9.17) is 27.9 Å². The van der Waals surface area contributed by atoms with Crippen molar-refractivity contribution in [3.05, 3.63) is 63.4 Å². The van der Waals surface area contributed by atoms with E-state index in [2.05, 4.69) is 26.1 Å². The van der Waals surface area contributed by atoms with E-state index in [9.17, 15) is 27.6 Å². The number of amides is 3. The van der Waals surface area contributed by atoms with E-state index < -0.39 is 42.4 Å². The van der Waals surface area contributed by atoms with Gasteiger partial charge in [0.25, 0.3) is 17.7 Å². The summed E-state index contributed by atoms with van der Waals surface area (Å²) in [5.74, 6) is -2.54. The average molecular weight is 586 g/mol. The van der Waals surface area contributed by atoms with Gasteiger partial charge in [0.15, 0.2) is 12.4 Å². The number of alkyl halides is 3. The molecule has 0 saturated carbocycles. The molecule has 1 saturated heterocycles. The van der Waals surface area contributed by atoms with Crippen LogP contribution in [0.2, 0.25) is 10.0 Å². The van der Waals surface area contributed by atoms with Crippen molar-refractivity contribution in [2.24, 2.45) is 0 Å². The van der Waals surface area contributed by atoms with E-state index in [1.54, 1.807) is 14.0 Å². The molecule has 1 aliphatic rings. The monoisotopic (exact) mass is 585 g/mol. The smallest absolute Gasteiger partial charge is 0.422 e. The zero-order valence-electron chi connectivity index (χ0n) is 20.3. The molecule has 11 nitrogen and oxygen atoms in total. The minimum atomic E-state index is -4.65. The number of nitrogens with zero attached hydrogens (tertiary/aromatic N) is 4. The van der Waals surface area contributed by atoms with Crippen LogP contribution >= 0.6 is 23.2 Å². The first kappa shape index (κ1) is 28.1. The predicted molar refractivity (Wildman–Crippen MR) is 134 cm³/mol. The van der Waals surface area contributed by atoms with Crippen molar-refractivity contribution in [3.8, 4) is 11.7 Å². The van der Waals surface area contributed by atoms with E-state index in [0.29, 0.717) is 5.56 Å². The maximum absolute atomic E-state index is 13.4. The predicted octanol–water partition coefficient (Wildman–Crippen LogP) is 3.15. The Morgan fingerprint density at radius 3 is 2.62 bits per heavy atom. The Morgan fingerprint density at radius 2 is 1.97 bits per heavy atom. The molecule has 0 radical (unpaired) electrons. The van der Waals surface area contributed by atoms with Crippen molar-refractivity contribution < 1.29 is 32.3 Å². The lowest BCUT2D eigenvalue weighted by Crippen LogP contribution is -2.42. The summed E-state index contributed by atoms with van der Waals surface area (Å²) in [6.07, 6.45) is -3.30. The second kappa shape index (κ2) is 11.1. The lowest BCUT2D eigenvalue weighted by atomic mass is 10.1. The molecule has 3 N–H and O–H groups in total. The molecule has 206 valence electrons. The fraction of sp³-hybridized carbons (Fsp3) is 0.261. The van der Waals surface area contributed by atoms with Gasteiger partial charge in [0, 0.05) is 30.9 Å². The molecular weight excluding hydrogens is 566 g/mol. The number of carbonyl (C=O) groups is 3. The first-order valence-corrected chi connectivity index (χ1v) is 11.9. The first-order chi connectivity index (χ1) is 18.3. The molecule has 0 bridgehead atoms. The lowest BCUT2D eigenvalue weighted by Gasteiger charge is -2.16. The highest BCUT2D eigenvalue weighted by molar-refractivity contribution is 6.32. The zero-order valence-corrected chi connectivity index (χ0v) is 21.8. The third-order valence-electron chi connectivity index (χ3n) is 5.41. The minimum Gasteiger partial charge on any atom is -0.467 e. The number of carbonyl (C=O) groups excluding carboxylic acids is 3. The molecule has 3 heterocycles. The third-order valence-corrected chi connectivity index (χ3v) is 5.92. The largest absolute Gasteiger partial charge is 0.467 e. The molecule has 4 rings (SSSR count). The van der Waals surface area contributed by atoms with Crippen molar-refractivity contribution in [1.29, 1.82) is 0 Å². The second-order valence-electron chi connectivity index (χ2n) is 8.47. The van der Waals surface area contributed by atoms with Crippen LogP contribution in [-0.2, 0) is 4.79 Å². The summed E-state index contributed by atoms with van der Waals surface area (Å²) in [7, 11) is 1.63. The third kappa shape index (κ3) is 6.58. The Balaban J connectivity index is 1.68. The summed E-state index contributed by atoms with van der Waals surface area (Å²) in [5.41, 5.74) is 2.64. The van der Waals surface area contributed by atoms with Crippen LogP contribution in [0.3, 0.4) is 0 Å². The summed E-state index contributed by atoms with van der Waals surface area (Å²) in [4.78, 5) is 42.7. The molecule has 1 atom stereocenters. The minimum absolute atomic E-state index is 0.0475. The number of aryl methyl sites for hydroxylation is 1. The van der Waals surface area contributed by atoms with Crippen molar-refractivity contribution in [3.63, 3.8) is 0 Å². The molecule has 16 heteroatoms. The highest BCUT2D eigenvalue weighted by Gasteiger charge is 2.32. The summed E-state index contributed by atoms with van der Waals surface area (Å²) in [6, 6.07) is 5.89. The number of pyridine rings is 1. The van der Waals surface area contributed by atoms with E-state index >= 15 is 0 Å². The van der Waals surface area contributed by atoms with Crippen LogP contribution in [0.25, 0.3) is 5.82 Å². The van der Waals surface area contributed by atoms with Gasteiger partial charge in [-0.05, 0) is 36.8 Å². The number of likely N-dealkylation sites (N-methyl/N-ethyl adjacent to an activating group) is 1. The Kier molecular flexibility index (Phi) is 7.99. The quantitative estimate of drug-likeness (QED) is 0.388. The number of hydrazine groups is 1. The number of ether oxygens (including phenoxy) is 1. The number of rotatable bonds is 7. The van der Waals surface area contributed by atoms with Crippen LogP contribution in [0.5, 0.6) is 5.88 Å².